The van der Waals surface area contributed by atoms with E-state index < -0.39 is 0 Å². The van der Waals surface area contributed by atoms with Gasteiger partial charge >= 0.3 is 0 Å². The second-order valence-electron chi connectivity index (χ2n) is 14.9. The van der Waals surface area contributed by atoms with Gasteiger partial charge in [-0.05, 0) is 87.8 Å². The lowest BCUT2D eigenvalue weighted by atomic mass is 9.91. The third-order valence-electron chi connectivity index (χ3n) is 11.5. The van der Waals surface area contributed by atoms with Crippen LogP contribution >= 0.6 is 11.3 Å². The third kappa shape index (κ3) is 7.48. The van der Waals surface area contributed by atoms with Crippen LogP contribution in [0.5, 0.6) is 0 Å². The quantitative estimate of drug-likeness (QED) is 0.115. The minimum Gasteiger partial charge on any atom is -0.385 e. The molecule has 4 aliphatic heterocycles. The van der Waals surface area contributed by atoms with Gasteiger partial charge in [0.25, 0.3) is 0 Å². The summed E-state index contributed by atoms with van der Waals surface area (Å²) in [7, 11) is 0. The summed E-state index contributed by atoms with van der Waals surface area (Å²) in [4.78, 5) is 41.0. The van der Waals surface area contributed by atoms with E-state index in [1.807, 2.05) is 42.7 Å². The highest BCUT2D eigenvalue weighted by atomic mass is 32.1. The molecule has 4 saturated heterocycles. The summed E-state index contributed by atoms with van der Waals surface area (Å²) in [6, 6.07) is 13.1. The lowest BCUT2D eigenvalue weighted by Crippen LogP contribution is -2.55. The number of carbonyl (C=O) groups excluding carboxylic acids is 2. The molecule has 55 heavy (non-hydrogen) atoms. The Balaban J connectivity index is 0.884. The van der Waals surface area contributed by atoms with Crippen LogP contribution in [0.2, 0.25) is 0 Å². The van der Waals surface area contributed by atoms with Crippen LogP contribution in [-0.4, -0.2) is 99.6 Å². The average Bonchev–Trinajstić information content (AvgIpc) is 3.90. The zero-order chi connectivity index (χ0) is 38.1. The number of nitrogens with zero attached hydrogens (tertiary/aromatic N) is 10. The molecule has 14 nitrogen and oxygen atoms in total. The van der Waals surface area contributed by atoms with E-state index in [9.17, 15) is 14.9 Å². The van der Waals surface area contributed by atoms with Gasteiger partial charge in [0.2, 0.25) is 16.9 Å². The van der Waals surface area contributed by atoms with E-state index in [1.165, 1.54) is 12.8 Å². The number of piperazine rings is 1. The number of imide groups is 1. The maximum Gasteiger partial charge on any atom is 0.234 e. The van der Waals surface area contributed by atoms with Crippen LogP contribution in [0.3, 0.4) is 0 Å². The zero-order valence-electron chi connectivity index (χ0n) is 31.3. The molecule has 4 aromatic rings. The summed E-state index contributed by atoms with van der Waals surface area (Å²) in [5, 5.41) is 30.5. The molecule has 15 heteroatoms. The van der Waals surface area contributed by atoms with Gasteiger partial charge in [0.15, 0.2) is 5.01 Å². The zero-order valence-corrected chi connectivity index (χ0v) is 32.1. The fraction of sp³-hybridized carbons (Fsp3) is 0.450. The Kier molecular flexibility index (Phi) is 10.4. The van der Waals surface area contributed by atoms with Gasteiger partial charge in [-0.25, -0.2) is 9.66 Å². The Morgan fingerprint density at radius 1 is 1.05 bits per heavy atom. The van der Waals surface area contributed by atoms with Gasteiger partial charge in [-0.2, -0.15) is 10.4 Å². The minimum absolute atomic E-state index is 0.196. The summed E-state index contributed by atoms with van der Waals surface area (Å²) < 4.78 is 1.70. The number of piperidine rings is 2. The van der Waals surface area contributed by atoms with Gasteiger partial charge in [0.1, 0.15) is 5.82 Å². The summed E-state index contributed by atoms with van der Waals surface area (Å²) in [6.07, 6.45) is 11.0. The fourth-order valence-corrected chi connectivity index (χ4v) is 9.49. The number of fused-ring (bicyclic) bond motifs is 2. The molecule has 0 aromatic carbocycles. The molecular formula is C40H46N12O2S. The van der Waals surface area contributed by atoms with Crippen LogP contribution in [0.4, 0.5) is 16.6 Å². The molecule has 3 atom stereocenters. The van der Waals surface area contributed by atoms with Gasteiger partial charge in [0, 0.05) is 88.1 Å². The van der Waals surface area contributed by atoms with Gasteiger partial charge in [0.05, 0.1) is 34.6 Å². The first kappa shape index (κ1) is 36.5. The first-order valence-corrected chi connectivity index (χ1v) is 20.0. The predicted molar refractivity (Wildman–Crippen MR) is 215 cm³/mol. The monoisotopic (exact) mass is 758 g/mol. The van der Waals surface area contributed by atoms with Crippen molar-refractivity contribution in [2.75, 3.05) is 54.4 Å². The van der Waals surface area contributed by atoms with Crippen LogP contribution in [0.1, 0.15) is 69.5 Å². The molecule has 0 saturated carbocycles. The fourth-order valence-electron chi connectivity index (χ4n) is 8.60. The van der Waals surface area contributed by atoms with Crippen LogP contribution in [-0.2, 0) is 9.59 Å². The van der Waals surface area contributed by atoms with Crippen molar-refractivity contribution in [3.05, 3.63) is 59.6 Å². The van der Waals surface area contributed by atoms with Crippen molar-refractivity contribution in [1.82, 2.24) is 35.1 Å². The molecule has 284 valence electrons. The number of aromatic nitrogens is 5. The molecule has 0 aliphatic carbocycles. The van der Waals surface area contributed by atoms with E-state index in [0.29, 0.717) is 36.4 Å². The minimum atomic E-state index is -0.305. The molecule has 0 spiro atoms. The summed E-state index contributed by atoms with van der Waals surface area (Å²) in [5.74, 6) is 0.883. The highest BCUT2D eigenvalue weighted by Gasteiger charge is 2.42. The molecule has 0 radical (unpaired) electrons. The first-order valence-electron chi connectivity index (χ1n) is 19.2. The molecule has 4 fully saturated rings. The maximum absolute atomic E-state index is 12.3. The molecular weight excluding hydrogens is 713 g/mol. The number of nitrogens with one attached hydrogen (secondary N) is 2. The van der Waals surface area contributed by atoms with Gasteiger partial charge < -0.3 is 15.1 Å². The largest absolute Gasteiger partial charge is 0.385 e. The van der Waals surface area contributed by atoms with Crippen molar-refractivity contribution < 1.29 is 9.59 Å². The van der Waals surface area contributed by atoms with Crippen LogP contribution in [0.15, 0.2) is 53.4 Å². The highest BCUT2D eigenvalue weighted by Crippen LogP contribution is 2.39. The van der Waals surface area contributed by atoms with Crippen LogP contribution < -0.4 is 20.4 Å². The average molecular weight is 759 g/mol. The molecule has 4 aliphatic rings. The van der Waals surface area contributed by atoms with Crippen molar-refractivity contribution in [3.8, 4) is 28.0 Å². The number of rotatable bonds is 11. The maximum atomic E-state index is 12.3. The number of nitriles is 1. The number of anilines is 3. The van der Waals surface area contributed by atoms with E-state index in [0.717, 1.165) is 102 Å². The number of allylic oxidation sites excluding steroid dienone is 1. The van der Waals surface area contributed by atoms with E-state index in [-0.39, 0.29) is 17.7 Å². The van der Waals surface area contributed by atoms with E-state index in [1.54, 1.807) is 29.0 Å². The molecule has 8 heterocycles. The van der Waals surface area contributed by atoms with Gasteiger partial charge in [-0.3, -0.25) is 24.8 Å². The number of hydrogen-bond acceptors (Lipinski definition) is 13. The molecule has 2 unspecified atom stereocenters. The second-order valence-corrected chi connectivity index (χ2v) is 15.9. The van der Waals surface area contributed by atoms with Crippen molar-refractivity contribution in [2.24, 2.45) is 11.0 Å². The Hall–Kier alpha value is -5.46. The summed E-state index contributed by atoms with van der Waals surface area (Å²) in [6.45, 7) is 13.3. The predicted octanol–water partition coefficient (Wildman–Crippen LogP) is 5.38. The third-order valence-corrected chi connectivity index (χ3v) is 12.5. The Labute approximate surface area is 325 Å². The Morgan fingerprint density at radius 3 is 2.55 bits per heavy atom. The SMILES string of the molecule is C=Nn1c(/C=C(\C)C#N)ccc1-c1cc(NCC)c(-c2nnc(N3CC4CCC(C3)N4CC3CCN(c4ccc([C@H]5CCC(=O)NC5=O)cn4)CC3)s2)cn1. The van der Waals surface area contributed by atoms with Gasteiger partial charge in [-0.1, -0.05) is 17.4 Å². The Morgan fingerprint density at radius 2 is 1.85 bits per heavy atom. The normalized spacial score (nSPS) is 22.1. The standard InChI is InChI=1S/C40H46N12O2S/c1-4-43-33-18-34(35-10-8-28(52(35)42-3)17-25(2)19-41)44-21-32(33)39-47-48-40(55-39)50-23-29-6-7-30(24-50)51(29)22-26-13-15-49(16-14-26)36-11-5-27(20-45-36)31-9-12-37(53)46-38(31)54/h5,8,10-11,17-18,20-21,26,29-31H,3-4,6-7,9,12-16,22-24H2,1-2H3,(H,43,44)(H,46,53,54)/b25-17+/t29?,30?,31-/m1/s1. The molecule has 2 N–H and O–H groups in total. The lowest BCUT2D eigenvalue weighted by Gasteiger charge is -2.43. The Bertz CT molecular complexity index is 2130. The van der Waals surface area contributed by atoms with Crippen molar-refractivity contribution >= 4 is 52.6 Å². The number of hydrogen-bond donors (Lipinski definition) is 2. The molecule has 2 amide bonds. The lowest BCUT2D eigenvalue weighted by molar-refractivity contribution is -0.134. The van der Waals surface area contributed by atoms with Gasteiger partial charge in [-0.15, -0.1) is 10.2 Å². The first-order chi connectivity index (χ1) is 26.8. The van der Waals surface area contributed by atoms with E-state index in [4.69, 9.17) is 15.1 Å². The van der Waals surface area contributed by atoms with Crippen molar-refractivity contribution in [3.63, 3.8) is 0 Å². The van der Waals surface area contributed by atoms with E-state index >= 15 is 0 Å². The number of amides is 2. The highest BCUT2D eigenvalue weighted by molar-refractivity contribution is 7.18. The number of pyridine rings is 2. The van der Waals surface area contributed by atoms with Crippen molar-refractivity contribution in [2.45, 2.75) is 70.4 Å². The van der Waals surface area contributed by atoms with Crippen LogP contribution in [0.25, 0.3) is 28.0 Å². The summed E-state index contributed by atoms with van der Waals surface area (Å²) in [5.41, 5.74) is 5.57. The smallest absolute Gasteiger partial charge is 0.234 e. The summed E-state index contributed by atoms with van der Waals surface area (Å²) >= 11 is 1.62. The van der Waals surface area contributed by atoms with E-state index in [2.05, 4.69) is 55.2 Å². The number of carbonyl (C=O) groups is 2. The van der Waals surface area contributed by atoms with Crippen molar-refractivity contribution in [1.29, 1.82) is 5.26 Å². The molecule has 2 bridgehead atoms. The molecule has 4 aromatic heterocycles. The molecule has 8 rings (SSSR count). The second kappa shape index (κ2) is 15.7. The topological polar surface area (TPSA) is 161 Å². The van der Waals surface area contributed by atoms with Crippen LogP contribution in [0, 0.1) is 17.2 Å².